The molecule has 3 aliphatic rings. The molecule has 0 radical (unpaired) electrons. The van der Waals surface area contributed by atoms with Crippen LogP contribution in [-0.4, -0.2) is 13.1 Å². The molecule has 1 saturated heterocycles. The number of hydrogen-bond donors (Lipinski definition) is 1. The van der Waals surface area contributed by atoms with Gasteiger partial charge in [-0.25, -0.2) is 0 Å². The van der Waals surface area contributed by atoms with Crippen LogP contribution < -0.4 is 5.32 Å². The minimum Gasteiger partial charge on any atom is -0.317 e. The summed E-state index contributed by atoms with van der Waals surface area (Å²) in [4.78, 5) is 0. The monoisotopic (exact) mass is 251 g/mol. The first-order valence-electron chi connectivity index (χ1n) is 6.68. The molecular weight excluding hydrogens is 226 g/mol. The Kier molecular flexibility index (Phi) is 4.16. The van der Waals surface area contributed by atoms with Crippen molar-refractivity contribution < 1.29 is 1.43 Å². The zero-order valence-electron chi connectivity index (χ0n) is 10.5. The van der Waals surface area contributed by atoms with Gasteiger partial charge in [0.2, 0.25) is 0 Å². The lowest BCUT2D eigenvalue weighted by molar-refractivity contribution is 0.218. The van der Waals surface area contributed by atoms with Gasteiger partial charge in [0.25, 0.3) is 0 Å². The average Bonchev–Trinajstić information content (AvgIpc) is 2.57. The Morgan fingerprint density at radius 1 is 1.18 bits per heavy atom. The SMILES string of the molecule is C1=CCC=C2C(=C1)CCCC21CCNCC1.S.[HH]. The number of nitrogens with one attached hydrogen (secondary N) is 1. The van der Waals surface area contributed by atoms with Crippen molar-refractivity contribution in [2.75, 3.05) is 13.1 Å². The normalized spacial score (nSPS) is 26.4. The third-order valence-corrected chi connectivity index (χ3v) is 4.47. The van der Waals surface area contributed by atoms with E-state index in [-0.39, 0.29) is 14.9 Å². The van der Waals surface area contributed by atoms with Gasteiger partial charge in [-0.05, 0) is 68.2 Å². The topological polar surface area (TPSA) is 12.0 Å². The molecule has 1 N–H and O–H groups in total. The summed E-state index contributed by atoms with van der Waals surface area (Å²) >= 11 is 0. The lowest BCUT2D eigenvalue weighted by atomic mass is 9.63. The smallest absolute Gasteiger partial charge is 0 e. The highest BCUT2D eigenvalue weighted by atomic mass is 32.1. The molecule has 0 aromatic carbocycles. The van der Waals surface area contributed by atoms with Crippen molar-refractivity contribution in [1.82, 2.24) is 5.32 Å². The Morgan fingerprint density at radius 3 is 2.82 bits per heavy atom. The number of piperidine rings is 1. The van der Waals surface area contributed by atoms with Gasteiger partial charge >= 0.3 is 0 Å². The molecule has 2 fully saturated rings. The van der Waals surface area contributed by atoms with Gasteiger partial charge in [0, 0.05) is 1.43 Å². The van der Waals surface area contributed by atoms with E-state index >= 15 is 0 Å². The quantitative estimate of drug-likeness (QED) is 0.692. The minimum absolute atomic E-state index is 0. The van der Waals surface area contributed by atoms with E-state index in [4.69, 9.17) is 0 Å². The Hall–Kier alpha value is -0.470. The summed E-state index contributed by atoms with van der Waals surface area (Å²) in [5.41, 5.74) is 3.86. The fraction of sp³-hybridized carbons (Fsp3) is 0.600. The van der Waals surface area contributed by atoms with Gasteiger partial charge in [-0.2, -0.15) is 13.5 Å². The van der Waals surface area contributed by atoms with Crippen molar-refractivity contribution in [3.05, 3.63) is 35.5 Å². The van der Waals surface area contributed by atoms with Gasteiger partial charge in [-0.1, -0.05) is 24.3 Å². The van der Waals surface area contributed by atoms with E-state index in [1.807, 2.05) is 0 Å². The van der Waals surface area contributed by atoms with E-state index in [0.717, 1.165) is 6.42 Å². The van der Waals surface area contributed by atoms with Crippen molar-refractivity contribution in [1.29, 1.82) is 0 Å². The number of allylic oxidation sites excluding steroid dienone is 6. The van der Waals surface area contributed by atoms with Crippen molar-refractivity contribution >= 4 is 13.5 Å². The molecule has 3 rings (SSSR count). The first-order valence-corrected chi connectivity index (χ1v) is 6.68. The van der Waals surface area contributed by atoms with E-state index in [1.165, 1.54) is 45.2 Å². The maximum atomic E-state index is 3.51. The Morgan fingerprint density at radius 2 is 2.00 bits per heavy atom. The molecule has 0 atom stereocenters. The van der Waals surface area contributed by atoms with Crippen LogP contribution in [0, 0.1) is 5.41 Å². The molecule has 96 valence electrons. The van der Waals surface area contributed by atoms with Crippen LogP contribution in [-0.2, 0) is 0 Å². The summed E-state index contributed by atoms with van der Waals surface area (Å²) in [5, 5.41) is 3.51. The zero-order chi connectivity index (χ0) is 10.8. The van der Waals surface area contributed by atoms with Gasteiger partial charge in [0.1, 0.15) is 0 Å². The van der Waals surface area contributed by atoms with Crippen molar-refractivity contribution in [2.24, 2.45) is 5.41 Å². The van der Waals surface area contributed by atoms with Crippen LogP contribution >= 0.6 is 13.5 Å². The lowest BCUT2D eigenvalue weighted by Crippen LogP contribution is -2.40. The summed E-state index contributed by atoms with van der Waals surface area (Å²) in [6.07, 6.45) is 17.3. The second kappa shape index (κ2) is 5.45. The maximum Gasteiger partial charge on any atom is 0 e. The van der Waals surface area contributed by atoms with E-state index in [0.29, 0.717) is 5.41 Å². The van der Waals surface area contributed by atoms with Crippen molar-refractivity contribution in [2.45, 2.75) is 38.5 Å². The predicted octanol–water partition coefficient (Wildman–Crippen LogP) is 3.71. The molecule has 17 heavy (non-hydrogen) atoms. The van der Waals surface area contributed by atoms with E-state index < -0.39 is 0 Å². The highest BCUT2D eigenvalue weighted by Gasteiger charge is 2.38. The third-order valence-electron chi connectivity index (χ3n) is 4.47. The third kappa shape index (κ3) is 2.38. The molecule has 1 heterocycles. The van der Waals surface area contributed by atoms with Crippen LogP contribution in [0.2, 0.25) is 0 Å². The van der Waals surface area contributed by atoms with Crippen LogP contribution in [0.1, 0.15) is 40.0 Å². The molecule has 0 aromatic heterocycles. The Balaban J connectivity index is 0.000000810. The van der Waals surface area contributed by atoms with Crippen LogP contribution in [0.5, 0.6) is 0 Å². The highest BCUT2D eigenvalue weighted by molar-refractivity contribution is 7.59. The molecule has 2 aliphatic carbocycles. The second-order valence-corrected chi connectivity index (χ2v) is 5.36. The summed E-state index contributed by atoms with van der Waals surface area (Å²) < 4.78 is 0. The molecular formula is C15H25NS. The number of hydrogen-bond acceptors (Lipinski definition) is 1. The van der Waals surface area contributed by atoms with Crippen LogP contribution in [0.25, 0.3) is 0 Å². The van der Waals surface area contributed by atoms with Gasteiger partial charge in [0.15, 0.2) is 0 Å². The lowest BCUT2D eigenvalue weighted by Gasteiger charge is -2.44. The second-order valence-electron chi connectivity index (χ2n) is 5.36. The first kappa shape index (κ1) is 13.0. The summed E-state index contributed by atoms with van der Waals surface area (Å²) in [5.74, 6) is 0. The van der Waals surface area contributed by atoms with Crippen LogP contribution in [0.3, 0.4) is 0 Å². The fourth-order valence-corrected chi connectivity index (χ4v) is 3.62. The maximum absolute atomic E-state index is 3.51. The molecule has 0 unspecified atom stereocenters. The van der Waals surface area contributed by atoms with E-state index in [2.05, 4.69) is 29.6 Å². The molecule has 0 bridgehead atoms. The highest BCUT2D eigenvalue weighted by Crippen LogP contribution is 2.50. The van der Waals surface area contributed by atoms with Gasteiger partial charge in [-0.3, -0.25) is 0 Å². The molecule has 1 spiro atoms. The molecule has 1 saturated carbocycles. The Labute approximate surface area is 113 Å². The van der Waals surface area contributed by atoms with Crippen molar-refractivity contribution in [3.8, 4) is 0 Å². The predicted molar refractivity (Wildman–Crippen MR) is 80.8 cm³/mol. The summed E-state index contributed by atoms with van der Waals surface area (Å²) in [6, 6.07) is 0. The van der Waals surface area contributed by atoms with Crippen LogP contribution in [0.15, 0.2) is 35.5 Å². The molecule has 0 aromatic rings. The summed E-state index contributed by atoms with van der Waals surface area (Å²) in [7, 11) is 0. The number of rotatable bonds is 0. The summed E-state index contributed by atoms with van der Waals surface area (Å²) in [6.45, 7) is 2.41. The minimum atomic E-state index is 0. The first-order chi connectivity index (χ1) is 7.91. The zero-order valence-corrected chi connectivity index (χ0v) is 11.5. The fourth-order valence-electron chi connectivity index (χ4n) is 3.62. The largest absolute Gasteiger partial charge is 0.317 e. The average molecular weight is 251 g/mol. The van der Waals surface area contributed by atoms with Gasteiger partial charge in [0.05, 0.1) is 0 Å². The molecule has 2 heteroatoms. The molecule has 1 aliphatic heterocycles. The van der Waals surface area contributed by atoms with E-state index in [1.54, 1.807) is 11.1 Å². The van der Waals surface area contributed by atoms with Crippen LogP contribution in [0.4, 0.5) is 0 Å². The number of fused-ring (bicyclic) bond motifs is 2. The molecule has 1 nitrogen and oxygen atoms in total. The van der Waals surface area contributed by atoms with Gasteiger partial charge < -0.3 is 5.32 Å². The Bertz CT molecular complexity index is 359. The van der Waals surface area contributed by atoms with E-state index in [9.17, 15) is 0 Å². The standard InChI is InChI=1S/C15H21N.H2S.H2/c1-2-5-13-6-4-8-15(14(13)7-3-1)9-11-16-12-10-15;;/h1-2,5,7,16H,3-4,6,8-12H2;1H2;1H. The van der Waals surface area contributed by atoms with Crippen molar-refractivity contribution in [3.63, 3.8) is 0 Å². The van der Waals surface area contributed by atoms with Gasteiger partial charge in [-0.15, -0.1) is 0 Å². The molecule has 0 amide bonds.